The zero-order valence-electron chi connectivity index (χ0n) is 24.2. The first-order valence-electron chi connectivity index (χ1n) is 14.1. The maximum atomic E-state index is 13.7. The molecule has 7 aromatic rings. The molecule has 10 nitrogen and oxygen atoms in total. The Morgan fingerprint density at radius 2 is 1.74 bits per heavy atom. The minimum Gasteiger partial charge on any atom is -0.493 e. The van der Waals surface area contributed by atoms with Crippen molar-refractivity contribution < 1.29 is 18.8 Å². The number of hydrogen-bond donors (Lipinski definition) is 0. The summed E-state index contributed by atoms with van der Waals surface area (Å²) in [5.41, 5.74) is 1.40. The van der Waals surface area contributed by atoms with E-state index >= 15 is 0 Å². The van der Waals surface area contributed by atoms with Crippen molar-refractivity contribution in [2.45, 2.75) is 6.61 Å². The maximum absolute atomic E-state index is 13.7. The molecule has 0 fully saturated rings. The average Bonchev–Trinajstić information content (AvgIpc) is 3.49. The van der Waals surface area contributed by atoms with Gasteiger partial charge in [0.2, 0.25) is 11.6 Å². The van der Waals surface area contributed by atoms with Gasteiger partial charge >= 0.3 is 5.69 Å². The Balaban J connectivity index is 1.30. The lowest BCUT2D eigenvalue weighted by Gasteiger charge is -2.13. The molecule has 0 aliphatic heterocycles. The summed E-state index contributed by atoms with van der Waals surface area (Å²) in [6.45, 7) is 0.0796. The molecule has 0 spiro atoms. The van der Waals surface area contributed by atoms with Gasteiger partial charge in [0.05, 0.1) is 29.2 Å². The van der Waals surface area contributed by atoms with Crippen LogP contribution >= 0.6 is 11.6 Å². The fourth-order valence-electron chi connectivity index (χ4n) is 5.32. The predicted octanol–water partition coefficient (Wildman–Crippen LogP) is 7.99. The van der Waals surface area contributed by atoms with Crippen molar-refractivity contribution in [3.05, 3.63) is 140 Å². The van der Waals surface area contributed by atoms with E-state index in [1.54, 1.807) is 54.6 Å². The van der Waals surface area contributed by atoms with E-state index in [-0.39, 0.29) is 35.4 Å². The molecule has 0 N–H and O–H groups in total. The second-order valence-corrected chi connectivity index (χ2v) is 10.8. The summed E-state index contributed by atoms with van der Waals surface area (Å²) in [5.74, 6) is 0.541. The molecule has 226 valence electrons. The Morgan fingerprint density at radius 3 is 2.57 bits per heavy atom. The first-order chi connectivity index (χ1) is 22.4. The topological polar surface area (TPSA) is 122 Å². The van der Waals surface area contributed by atoms with E-state index in [0.717, 1.165) is 26.4 Å². The molecule has 0 aliphatic carbocycles. The van der Waals surface area contributed by atoms with E-state index in [1.807, 2.05) is 42.5 Å². The molecular formula is C35H23ClN4O6. The highest BCUT2D eigenvalue weighted by molar-refractivity contribution is 6.31. The number of nitro benzene ring substituents is 1. The zero-order chi connectivity index (χ0) is 31.8. The zero-order valence-corrected chi connectivity index (χ0v) is 25.0. The van der Waals surface area contributed by atoms with E-state index < -0.39 is 10.5 Å². The standard InChI is InChI=1S/C35H23ClN4O6/c1-44-31-16-21(15-29(40(42)43)33(31)45-20-23-9-6-8-22-7-2-3-10-26(22)23)19-37-39-34(38-28-12-5-4-11-27(28)35(39)41)32-18-24-17-25(36)13-14-30(24)46-32/h2-19H,20H2,1H3. The van der Waals surface area contributed by atoms with Crippen molar-refractivity contribution in [1.29, 1.82) is 0 Å². The molecule has 0 saturated carbocycles. The van der Waals surface area contributed by atoms with Crippen LogP contribution in [-0.4, -0.2) is 27.9 Å². The smallest absolute Gasteiger partial charge is 0.315 e. The van der Waals surface area contributed by atoms with Gasteiger partial charge in [-0.2, -0.15) is 9.78 Å². The van der Waals surface area contributed by atoms with Gasteiger partial charge < -0.3 is 13.9 Å². The van der Waals surface area contributed by atoms with Crippen LogP contribution in [0.5, 0.6) is 11.5 Å². The molecule has 0 aliphatic rings. The third-order valence-corrected chi connectivity index (χ3v) is 7.74. The molecule has 2 aromatic heterocycles. The summed E-state index contributed by atoms with van der Waals surface area (Å²) in [7, 11) is 1.40. The highest BCUT2D eigenvalue weighted by atomic mass is 35.5. The maximum Gasteiger partial charge on any atom is 0.315 e. The SMILES string of the molecule is COc1cc(C=Nn2c(-c3cc4cc(Cl)ccc4o3)nc3ccccc3c2=O)cc([N+](=O)[O-])c1OCc1cccc2ccccc12. The largest absolute Gasteiger partial charge is 0.493 e. The number of nitrogens with zero attached hydrogens (tertiary/aromatic N) is 4. The van der Waals surface area contributed by atoms with Crippen molar-refractivity contribution >= 4 is 56.1 Å². The van der Waals surface area contributed by atoms with E-state index in [0.29, 0.717) is 27.1 Å². The Kier molecular flexibility index (Phi) is 7.39. The second-order valence-electron chi connectivity index (χ2n) is 10.4. The molecule has 11 heteroatoms. The molecule has 2 heterocycles. The molecule has 0 radical (unpaired) electrons. The molecular weight excluding hydrogens is 608 g/mol. The van der Waals surface area contributed by atoms with Gasteiger partial charge in [-0.1, -0.05) is 66.2 Å². The van der Waals surface area contributed by atoms with Crippen LogP contribution in [0.1, 0.15) is 11.1 Å². The van der Waals surface area contributed by atoms with Gasteiger partial charge in [0.15, 0.2) is 11.5 Å². The number of methoxy groups -OCH3 is 1. The molecule has 0 saturated heterocycles. The van der Waals surface area contributed by atoms with Crippen LogP contribution < -0.4 is 15.0 Å². The van der Waals surface area contributed by atoms with Gasteiger partial charge in [-0.25, -0.2) is 4.98 Å². The molecule has 0 amide bonds. The van der Waals surface area contributed by atoms with E-state index in [2.05, 4.69) is 10.1 Å². The Labute approximate surface area is 265 Å². The van der Waals surface area contributed by atoms with Crippen LogP contribution in [0.3, 0.4) is 0 Å². The van der Waals surface area contributed by atoms with Gasteiger partial charge in [0.1, 0.15) is 12.2 Å². The second kappa shape index (κ2) is 11.8. The number of hydrogen-bond acceptors (Lipinski definition) is 8. The van der Waals surface area contributed by atoms with Gasteiger partial charge in [-0.15, -0.1) is 0 Å². The molecule has 0 bridgehead atoms. The lowest BCUT2D eigenvalue weighted by Crippen LogP contribution is -2.20. The summed E-state index contributed by atoms with van der Waals surface area (Å²) >= 11 is 6.17. The van der Waals surface area contributed by atoms with Crippen molar-refractivity contribution in [3.8, 4) is 23.1 Å². The molecule has 0 unspecified atom stereocenters. The minimum atomic E-state index is -0.549. The summed E-state index contributed by atoms with van der Waals surface area (Å²) in [6, 6.07) is 30.3. The molecule has 5 aromatic carbocycles. The number of ether oxygens (including phenoxy) is 2. The highest BCUT2D eigenvalue weighted by Gasteiger charge is 2.23. The van der Waals surface area contributed by atoms with Crippen LogP contribution in [0.15, 0.2) is 117 Å². The van der Waals surface area contributed by atoms with E-state index in [9.17, 15) is 14.9 Å². The number of fused-ring (bicyclic) bond motifs is 3. The number of benzene rings is 5. The van der Waals surface area contributed by atoms with Crippen LogP contribution in [0.25, 0.3) is 44.2 Å². The average molecular weight is 631 g/mol. The number of furan rings is 1. The van der Waals surface area contributed by atoms with Gasteiger partial charge in [-0.3, -0.25) is 14.9 Å². The van der Waals surface area contributed by atoms with Crippen molar-refractivity contribution in [2.75, 3.05) is 7.11 Å². The molecule has 46 heavy (non-hydrogen) atoms. The Morgan fingerprint density at radius 1 is 0.957 bits per heavy atom. The molecule has 0 atom stereocenters. The van der Waals surface area contributed by atoms with Crippen LogP contribution in [0.4, 0.5) is 5.69 Å². The number of nitro groups is 1. The van der Waals surface area contributed by atoms with E-state index in [4.69, 9.17) is 25.5 Å². The molecule has 7 rings (SSSR count). The van der Waals surface area contributed by atoms with Crippen LogP contribution in [-0.2, 0) is 6.61 Å². The summed E-state index contributed by atoms with van der Waals surface area (Å²) < 4.78 is 18.7. The number of halogens is 1. The Hall–Kier alpha value is -6.00. The Bertz CT molecular complexity index is 2390. The van der Waals surface area contributed by atoms with Crippen molar-refractivity contribution in [2.24, 2.45) is 5.10 Å². The van der Waals surface area contributed by atoms with Gasteiger partial charge in [0.25, 0.3) is 5.56 Å². The third-order valence-electron chi connectivity index (χ3n) is 7.50. The van der Waals surface area contributed by atoms with Gasteiger partial charge in [-0.05, 0) is 58.8 Å². The summed E-state index contributed by atoms with van der Waals surface area (Å²) in [4.78, 5) is 30.0. The van der Waals surface area contributed by atoms with Crippen molar-refractivity contribution in [3.63, 3.8) is 0 Å². The lowest BCUT2D eigenvalue weighted by molar-refractivity contribution is -0.386. The third kappa shape index (κ3) is 5.31. The fourth-order valence-corrected chi connectivity index (χ4v) is 5.50. The van der Waals surface area contributed by atoms with E-state index in [1.165, 1.54) is 19.4 Å². The first kappa shape index (κ1) is 28.8. The normalized spacial score (nSPS) is 11.5. The quantitative estimate of drug-likeness (QED) is 0.0947. The lowest BCUT2D eigenvalue weighted by atomic mass is 10.1. The van der Waals surface area contributed by atoms with Crippen LogP contribution in [0, 0.1) is 10.1 Å². The summed E-state index contributed by atoms with van der Waals surface area (Å²) in [5, 5.41) is 20.3. The predicted molar refractivity (Wildman–Crippen MR) is 177 cm³/mol. The number of rotatable bonds is 8. The highest BCUT2D eigenvalue weighted by Crippen LogP contribution is 2.39. The van der Waals surface area contributed by atoms with Crippen LogP contribution in [0.2, 0.25) is 5.02 Å². The monoisotopic (exact) mass is 630 g/mol. The first-order valence-corrected chi connectivity index (χ1v) is 14.5. The fraction of sp³-hybridized carbons (Fsp3) is 0.0571. The van der Waals surface area contributed by atoms with Gasteiger partial charge in [0, 0.05) is 22.0 Å². The number of aromatic nitrogens is 2. The van der Waals surface area contributed by atoms with Crippen molar-refractivity contribution in [1.82, 2.24) is 9.66 Å². The number of para-hydroxylation sites is 1. The summed E-state index contributed by atoms with van der Waals surface area (Å²) in [6.07, 6.45) is 1.32. The minimum absolute atomic E-state index is 0.0243.